The van der Waals surface area contributed by atoms with Crippen LogP contribution in [0.2, 0.25) is 5.02 Å². The van der Waals surface area contributed by atoms with Gasteiger partial charge in [0.05, 0.1) is 13.0 Å². The van der Waals surface area contributed by atoms with Gasteiger partial charge in [0.25, 0.3) is 0 Å². The first-order chi connectivity index (χ1) is 11.6. The molecule has 3 rings (SSSR count). The number of hydrogen-bond acceptors (Lipinski definition) is 5. The van der Waals surface area contributed by atoms with Gasteiger partial charge in [-0.15, -0.1) is 0 Å². The van der Waals surface area contributed by atoms with Crippen LogP contribution in [0.4, 0.5) is 0 Å². The van der Waals surface area contributed by atoms with E-state index in [9.17, 15) is 4.79 Å². The van der Waals surface area contributed by atoms with Crippen molar-refractivity contribution in [3.05, 3.63) is 40.5 Å². The lowest BCUT2D eigenvalue weighted by atomic mass is 10.1. The topological polar surface area (TPSA) is 68.5 Å². The van der Waals surface area contributed by atoms with E-state index in [1.165, 1.54) is 0 Å². The van der Waals surface area contributed by atoms with E-state index in [1.807, 2.05) is 24.0 Å². The number of ether oxygens (including phenoxy) is 1. The minimum absolute atomic E-state index is 0.114. The molecule has 1 amide bonds. The summed E-state index contributed by atoms with van der Waals surface area (Å²) in [7, 11) is 1.62. The molecule has 6 nitrogen and oxygen atoms in total. The van der Waals surface area contributed by atoms with Gasteiger partial charge in [-0.2, -0.15) is 4.98 Å². The lowest BCUT2D eigenvalue weighted by molar-refractivity contribution is -0.129. The van der Waals surface area contributed by atoms with E-state index in [0.29, 0.717) is 36.1 Å². The van der Waals surface area contributed by atoms with Gasteiger partial charge in [-0.1, -0.05) is 23.7 Å². The largest absolute Gasteiger partial charge is 0.496 e. The van der Waals surface area contributed by atoms with E-state index >= 15 is 0 Å². The van der Waals surface area contributed by atoms with Gasteiger partial charge < -0.3 is 14.2 Å². The second-order valence-electron chi connectivity index (χ2n) is 5.86. The Morgan fingerprint density at radius 3 is 3.08 bits per heavy atom. The maximum Gasteiger partial charge on any atom is 0.231 e. The van der Waals surface area contributed by atoms with Crippen LogP contribution < -0.4 is 4.74 Å². The highest BCUT2D eigenvalue weighted by Gasteiger charge is 2.30. The smallest absolute Gasteiger partial charge is 0.231 e. The first kappa shape index (κ1) is 16.8. The minimum atomic E-state index is 0.114. The van der Waals surface area contributed by atoms with Crippen molar-refractivity contribution in [3.63, 3.8) is 0 Å². The number of carbonyl (C=O) groups excluding carboxylic acids is 1. The molecule has 1 aromatic heterocycles. The van der Waals surface area contributed by atoms with Gasteiger partial charge in [0.15, 0.2) is 5.82 Å². The molecular formula is C17H20ClN3O3. The number of halogens is 1. The highest BCUT2D eigenvalue weighted by atomic mass is 35.5. The van der Waals surface area contributed by atoms with Crippen LogP contribution in [-0.4, -0.2) is 41.1 Å². The summed E-state index contributed by atoms with van der Waals surface area (Å²) in [5, 5.41) is 4.70. The summed E-state index contributed by atoms with van der Waals surface area (Å²) in [5.41, 5.74) is 0.909. The Bertz CT molecular complexity index is 732. The zero-order valence-electron chi connectivity index (χ0n) is 13.8. The lowest BCUT2D eigenvalue weighted by Gasteiger charge is -2.13. The fourth-order valence-electron chi connectivity index (χ4n) is 2.97. The molecule has 0 radical (unpaired) electrons. The Balaban J connectivity index is 1.71. The summed E-state index contributed by atoms with van der Waals surface area (Å²) in [5.74, 6) is 2.21. The Morgan fingerprint density at radius 2 is 2.33 bits per heavy atom. The molecule has 0 spiro atoms. The Morgan fingerprint density at radius 1 is 1.50 bits per heavy atom. The number of amides is 1. The Kier molecular flexibility index (Phi) is 5.04. The number of methoxy groups -OCH3 is 1. The first-order valence-corrected chi connectivity index (χ1v) is 8.41. The molecule has 2 heterocycles. The zero-order valence-corrected chi connectivity index (χ0v) is 14.5. The maximum atomic E-state index is 11.8. The average Bonchev–Trinajstić information content (AvgIpc) is 3.23. The molecule has 0 saturated carbocycles. The highest BCUT2D eigenvalue weighted by molar-refractivity contribution is 6.30. The molecule has 1 aliphatic heterocycles. The van der Waals surface area contributed by atoms with Gasteiger partial charge in [-0.05, 0) is 24.6 Å². The van der Waals surface area contributed by atoms with Crippen LogP contribution in [0, 0.1) is 0 Å². The van der Waals surface area contributed by atoms with Gasteiger partial charge in [-0.25, -0.2) is 0 Å². The van der Waals surface area contributed by atoms with E-state index < -0.39 is 0 Å². The molecule has 0 bridgehead atoms. The number of hydrogen-bond donors (Lipinski definition) is 0. The Labute approximate surface area is 145 Å². The van der Waals surface area contributed by atoms with Crippen molar-refractivity contribution in [1.29, 1.82) is 0 Å². The molecule has 24 heavy (non-hydrogen) atoms. The van der Waals surface area contributed by atoms with Crippen molar-refractivity contribution in [1.82, 2.24) is 15.0 Å². The molecular weight excluding hydrogens is 330 g/mol. The van der Waals surface area contributed by atoms with E-state index in [-0.39, 0.29) is 11.8 Å². The van der Waals surface area contributed by atoms with Gasteiger partial charge in [0, 0.05) is 36.5 Å². The molecule has 0 N–H and O–H groups in total. The summed E-state index contributed by atoms with van der Waals surface area (Å²) in [4.78, 5) is 18.1. The van der Waals surface area contributed by atoms with Crippen molar-refractivity contribution in [2.75, 3.05) is 20.2 Å². The molecule has 1 atom stereocenters. The second-order valence-corrected chi connectivity index (χ2v) is 6.30. The summed E-state index contributed by atoms with van der Waals surface area (Å²) in [6, 6.07) is 5.45. The third-order valence-electron chi connectivity index (χ3n) is 4.27. The lowest BCUT2D eigenvalue weighted by Crippen LogP contribution is -2.27. The van der Waals surface area contributed by atoms with Gasteiger partial charge in [0.1, 0.15) is 5.75 Å². The van der Waals surface area contributed by atoms with Crippen molar-refractivity contribution in [2.45, 2.75) is 32.1 Å². The predicted molar refractivity (Wildman–Crippen MR) is 89.3 cm³/mol. The second kappa shape index (κ2) is 7.21. The molecule has 1 fully saturated rings. The van der Waals surface area contributed by atoms with Crippen molar-refractivity contribution in [3.8, 4) is 5.75 Å². The monoisotopic (exact) mass is 349 g/mol. The van der Waals surface area contributed by atoms with Gasteiger partial charge in [-0.3, -0.25) is 4.79 Å². The third kappa shape index (κ3) is 3.53. The molecule has 0 unspecified atom stereocenters. The van der Waals surface area contributed by atoms with Crippen LogP contribution in [0.1, 0.15) is 43.0 Å². The summed E-state index contributed by atoms with van der Waals surface area (Å²) in [6.45, 7) is 3.27. The van der Waals surface area contributed by atoms with Crippen LogP contribution in [0.15, 0.2) is 22.7 Å². The number of rotatable bonds is 5. The summed E-state index contributed by atoms with van der Waals surface area (Å²) < 4.78 is 10.8. The fourth-order valence-corrected chi connectivity index (χ4v) is 3.17. The van der Waals surface area contributed by atoms with Gasteiger partial charge in [0.2, 0.25) is 11.8 Å². The van der Waals surface area contributed by atoms with Crippen LogP contribution in [0.5, 0.6) is 5.75 Å². The molecule has 1 saturated heterocycles. The zero-order chi connectivity index (χ0) is 17.1. The number of aromatic nitrogens is 2. The quantitative estimate of drug-likeness (QED) is 0.829. The normalized spacial score (nSPS) is 17.3. The van der Waals surface area contributed by atoms with E-state index in [1.54, 1.807) is 13.2 Å². The molecule has 1 aliphatic rings. The Hall–Kier alpha value is -2.08. The van der Waals surface area contributed by atoms with Crippen molar-refractivity contribution >= 4 is 17.5 Å². The standard InChI is InChI=1S/C17H20ClN3O3/c1-3-16(22)21-7-6-11(10-21)17-19-15(20-24-17)9-12-8-13(18)4-5-14(12)23-2/h4-5,8,11H,3,6-7,9-10H2,1-2H3/t11-/m0/s1. The molecule has 2 aromatic rings. The molecule has 128 valence electrons. The van der Waals surface area contributed by atoms with E-state index in [0.717, 1.165) is 24.3 Å². The highest BCUT2D eigenvalue weighted by Crippen LogP contribution is 2.28. The maximum absolute atomic E-state index is 11.8. The number of nitrogens with zero attached hydrogens (tertiary/aromatic N) is 3. The number of carbonyl (C=O) groups is 1. The van der Waals surface area contributed by atoms with Crippen molar-refractivity contribution < 1.29 is 14.1 Å². The minimum Gasteiger partial charge on any atom is -0.496 e. The summed E-state index contributed by atoms with van der Waals surface area (Å²) >= 11 is 6.05. The first-order valence-electron chi connectivity index (χ1n) is 8.03. The molecule has 1 aromatic carbocycles. The van der Waals surface area contributed by atoms with Crippen LogP contribution in [0.3, 0.4) is 0 Å². The third-order valence-corrected chi connectivity index (χ3v) is 4.50. The molecule has 0 aliphatic carbocycles. The van der Waals surface area contributed by atoms with E-state index in [2.05, 4.69) is 10.1 Å². The summed E-state index contributed by atoms with van der Waals surface area (Å²) in [6.07, 6.45) is 1.86. The number of benzene rings is 1. The fraction of sp³-hybridized carbons (Fsp3) is 0.471. The SMILES string of the molecule is CCC(=O)N1CC[C@H](c2nc(Cc3cc(Cl)ccc3OC)no2)C1. The van der Waals surface area contributed by atoms with Gasteiger partial charge >= 0.3 is 0 Å². The van der Waals surface area contributed by atoms with Crippen LogP contribution in [-0.2, 0) is 11.2 Å². The number of likely N-dealkylation sites (tertiary alicyclic amines) is 1. The van der Waals surface area contributed by atoms with Crippen molar-refractivity contribution in [2.24, 2.45) is 0 Å². The van der Waals surface area contributed by atoms with Crippen LogP contribution in [0.25, 0.3) is 0 Å². The predicted octanol–water partition coefficient (Wildman–Crippen LogP) is 3.05. The van der Waals surface area contributed by atoms with E-state index in [4.69, 9.17) is 20.9 Å². The average molecular weight is 350 g/mol. The van der Waals surface area contributed by atoms with Crippen LogP contribution >= 0.6 is 11.6 Å². The molecule has 7 heteroatoms.